The van der Waals surface area contributed by atoms with Crippen molar-refractivity contribution in [1.82, 2.24) is 0 Å². The van der Waals surface area contributed by atoms with Crippen LogP contribution in [-0.4, -0.2) is 84.4 Å². The summed E-state index contributed by atoms with van der Waals surface area (Å²) in [6, 6.07) is 1.85. The molecule has 11 heteroatoms. The van der Waals surface area contributed by atoms with Crippen LogP contribution in [0, 0.1) is 0 Å². The van der Waals surface area contributed by atoms with E-state index in [9.17, 15) is 0 Å². The molecular weight excluding hydrogens is 647 g/mol. The zero-order valence-electron chi connectivity index (χ0n) is 25.5. The molecular formula is C26H60O6S2Si2Sn. The van der Waals surface area contributed by atoms with Crippen LogP contribution in [0.4, 0.5) is 0 Å². The summed E-state index contributed by atoms with van der Waals surface area (Å²) in [7, 11) is -0.348. The van der Waals surface area contributed by atoms with Crippen LogP contribution in [0.3, 0.4) is 0 Å². The van der Waals surface area contributed by atoms with E-state index < -0.39 is 33.2 Å². The summed E-state index contributed by atoms with van der Waals surface area (Å²) in [4.78, 5) is 0. The molecule has 0 rings (SSSR count). The fourth-order valence-corrected chi connectivity index (χ4v) is 41.4. The van der Waals surface area contributed by atoms with E-state index >= 15 is 0 Å². The van der Waals surface area contributed by atoms with E-state index in [1.165, 1.54) is 46.1 Å². The van der Waals surface area contributed by atoms with Crippen molar-refractivity contribution < 1.29 is 26.6 Å². The molecule has 37 heavy (non-hydrogen) atoms. The Balaban J connectivity index is 5.28. The van der Waals surface area contributed by atoms with E-state index in [0.717, 1.165) is 24.9 Å². The van der Waals surface area contributed by atoms with E-state index in [4.69, 9.17) is 26.6 Å². The van der Waals surface area contributed by atoms with Crippen molar-refractivity contribution in [2.75, 3.05) is 51.1 Å². The van der Waals surface area contributed by atoms with Crippen LogP contribution in [0.25, 0.3) is 0 Å². The van der Waals surface area contributed by atoms with E-state index in [1.807, 2.05) is 41.5 Å². The molecule has 224 valence electrons. The number of unbranched alkanes of at least 4 members (excludes halogenated alkanes) is 2. The van der Waals surface area contributed by atoms with Crippen molar-refractivity contribution in [1.29, 1.82) is 0 Å². The van der Waals surface area contributed by atoms with Crippen molar-refractivity contribution in [2.24, 2.45) is 0 Å². The van der Waals surface area contributed by atoms with E-state index in [-0.39, 0.29) is 0 Å². The molecule has 0 N–H and O–H groups in total. The summed E-state index contributed by atoms with van der Waals surface area (Å²) < 4.78 is 39.6. The first-order valence-corrected chi connectivity index (χ1v) is 31.9. The van der Waals surface area contributed by atoms with Gasteiger partial charge in [0, 0.05) is 0 Å². The van der Waals surface area contributed by atoms with Crippen molar-refractivity contribution in [3.05, 3.63) is 0 Å². The Morgan fingerprint density at radius 1 is 0.459 bits per heavy atom. The fraction of sp³-hybridized carbons (Fsp3) is 1.00. The quantitative estimate of drug-likeness (QED) is 0.0594. The van der Waals surface area contributed by atoms with Gasteiger partial charge in [-0.1, -0.05) is 0 Å². The molecule has 0 aromatic carbocycles. The van der Waals surface area contributed by atoms with Gasteiger partial charge >= 0.3 is 244 Å². The van der Waals surface area contributed by atoms with Crippen LogP contribution in [0.15, 0.2) is 0 Å². The summed E-state index contributed by atoms with van der Waals surface area (Å²) in [6.07, 6.45) is 7.54. The van der Waals surface area contributed by atoms with Crippen molar-refractivity contribution in [3.63, 3.8) is 0 Å². The van der Waals surface area contributed by atoms with Crippen LogP contribution in [-0.2, 0) is 26.6 Å². The predicted molar refractivity (Wildman–Crippen MR) is 170 cm³/mol. The third-order valence-corrected chi connectivity index (χ3v) is 43.4. The van der Waals surface area contributed by atoms with Gasteiger partial charge in [-0.25, -0.2) is 0 Å². The zero-order chi connectivity index (χ0) is 27.9. The molecule has 0 bridgehead atoms. The minimum atomic E-state index is -2.55. The number of rotatable bonds is 28. The maximum atomic E-state index is 6.11. The van der Waals surface area contributed by atoms with E-state index in [2.05, 4.69) is 31.7 Å². The Bertz CT molecular complexity index is 447. The van der Waals surface area contributed by atoms with E-state index in [1.54, 1.807) is 0 Å². The monoisotopic (exact) mass is 708 g/mol. The molecule has 0 heterocycles. The van der Waals surface area contributed by atoms with Crippen LogP contribution in [0.2, 0.25) is 21.0 Å². The Hall–Kier alpha value is 1.69. The number of hydrogen-bond donors (Lipinski definition) is 0. The molecule has 0 aliphatic carbocycles. The normalized spacial score (nSPS) is 13.0. The standard InChI is InChI=1S/2C9H22O3SSi.2C4H9.Sn/c2*1-4-10-14(11-5-2,12-6-3)9-7-8-13;2*1-3-4-2;/h2*13H,4-9H2,1-3H3;2*1,3-4H2,2H3;/q;;;;+2/p-2. The second kappa shape index (κ2) is 24.3. The first-order valence-electron chi connectivity index (χ1n) is 15.0. The zero-order valence-corrected chi connectivity index (χ0v) is 32.0. The molecule has 0 atom stereocenters. The third-order valence-electron chi connectivity index (χ3n) is 5.99. The van der Waals surface area contributed by atoms with Gasteiger partial charge in [0.15, 0.2) is 0 Å². The average molecular weight is 708 g/mol. The van der Waals surface area contributed by atoms with Crippen molar-refractivity contribution >= 4 is 51.1 Å². The van der Waals surface area contributed by atoms with Crippen molar-refractivity contribution in [2.45, 2.75) is 115 Å². The molecule has 0 radical (unpaired) electrons. The second-order valence-corrected chi connectivity index (χ2v) is 41.1. The van der Waals surface area contributed by atoms with Gasteiger partial charge in [-0.3, -0.25) is 0 Å². The third kappa shape index (κ3) is 16.7. The Labute approximate surface area is 242 Å². The SMILES string of the molecule is CCC[CH2][Sn]([CH2]CCC)([S]CCC[Si](OCC)(OCC)OCC)[S]CCC[Si](OCC)(OCC)OCC. The molecule has 0 amide bonds. The predicted octanol–water partition coefficient (Wildman–Crippen LogP) is 8.37. The maximum absolute atomic E-state index is 6.11. The van der Waals surface area contributed by atoms with Crippen LogP contribution < -0.4 is 0 Å². The second-order valence-electron chi connectivity index (χ2n) is 8.99. The molecule has 0 fully saturated rings. The van der Waals surface area contributed by atoms with Crippen molar-refractivity contribution in [3.8, 4) is 0 Å². The Kier molecular flexibility index (Phi) is 25.4. The van der Waals surface area contributed by atoms with Gasteiger partial charge < -0.3 is 0 Å². The summed E-state index contributed by atoms with van der Waals surface area (Å²) in [5.41, 5.74) is 0. The topological polar surface area (TPSA) is 55.4 Å². The first-order chi connectivity index (χ1) is 17.9. The molecule has 0 saturated heterocycles. The number of hydrogen-bond acceptors (Lipinski definition) is 8. The minimum absolute atomic E-state index is 0.654. The van der Waals surface area contributed by atoms with Gasteiger partial charge in [-0.05, 0) is 0 Å². The van der Waals surface area contributed by atoms with E-state index in [0.29, 0.717) is 39.6 Å². The van der Waals surface area contributed by atoms with Gasteiger partial charge in [0.1, 0.15) is 0 Å². The van der Waals surface area contributed by atoms with Gasteiger partial charge in [0.2, 0.25) is 0 Å². The molecule has 0 spiro atoms. The molecule has 0 aromatic rings. The van der Waals surface area contributed by atoms with Crippen LogP contribution in [0.5, 0.6) is 0 Å². The molecule has 0 saturated carbocycles. The Morgan fingerprint density at radius 2 is 0.757 bits per heavy atom. The first kappa shape index (κ1) is 38.7. The van der Waals surface area contributed by atoms with Gasteiger partial charge in [0.05, 0.1) is 0 Å². The van der Waals surface area contributed by atoms with Gasteiger partial charge in [-0.2, -0.15) is 0 Å². The fourth-order valence-electron chi connectivity index (χ4n) is 4.44. The average Bonchev–Trinajstić information content (AvgIpc) is 2.87. The van der Waals surface area contributed by atoms with Crippen LogP contribution >= 0.6 is 17.9 Å². The summed E-state index contributed by atoms with van der Waals surface area (Å²) in [5.74, 6) is 2.40. The molecule has 6 nitrogen and oxygen atoms in total. The van der Waals surface area contributed by atoms with Gasteiger partial charge in [0.25, 0.3) is 0 Å². The molecule has 0 aromatic heterocycles. The molecule has 0 aliphatic rings. The van der Waals surface area contributed by atoms with Gasteiger partial charge in [-0.15, -0.1) is 0 Å². The molecule has 0 unspecified atom stereocenters. The summed E-state index contributed by atoms with van der Waals surface area (Å²) in [5, 5.41) is 0. The Morgan fingerprint density at radius 3 is 1.00 bits per heavy atom. The summed E-state index contributed by atoms with van der Waals surface area (Å²) in [6.45, 7) is 20.9. The molecule has 0 aliphatic heterocycles. The van der Waals surface area contributed by atoms with Crippen LogP contribution in [0.1, 0.15) is 93.9 Å². The summed E-state index contributed by atoms with van der Waals surface area (Å²) >= 11 is -2.43.